The normalized spacial score (nSPS) is 18.4. The highest BCUT2D eigenvalue weighted by Crippen LogP contribution is 2.25. The maximum Gasteiger partial charge on any atom is 0.262 e. The van der Waals surface area contributed by atoms with E-state index in [-0.39, 0.29) is 17.7 Å². The molecule has 4 amide bonds. The van der Waals surface area contributed by atoms with Crippen molar-refractivity contribution >= 4 is 23.6 Å². The van der Waals surface area contributed by atoms with Gasteiger partial charge in [0, 0.05) is 32.1 Å². The van der Waals surface area contributed by atoms with E-state index < -0.39 is 17.9 Å². The average Bonchev–Trinajstić information content (AvgIpc) is 2.91. The van der Waals surface area contributed by atoms with Gasteiger partial charge < -0.3 is 9.80 Å². The van der Waals surface area contributed by atoms with Crippen LogP contribution in [0.25, 0.3) is 0 Å². The molecule has 0 bridgehead atoms. The Kier molecular flexibility index (Phi) is 4.80. The molecular weight excluding hydrogens is 334 g/mol. The third-order valence-electron chi connectivity index (χ3n) is 4.97. The molecule has 7 heteroatoms. The van der Waals surface area contributed by atoms with Crippen LogP contribution < -0.4 is 0 Å². The number of hydrogen-bond donors (Lipinski definition) is 0. The summed E-state index contributed by atoms with van der Waals surface area (Å²) >= 11 is 0. The fourth-order valence-corrected chi connectivity index (χ4v) is 3.45. The number of fused-ring (bicyclic) bond motifs is 1. The van der Waals surface area contributed by atoms with Crippen LogP contribution in [0.2, 0.25) is 0 Å². The van der Waals surface area contributed by atoms with Crippen LogP contribution in [0.15, 0.2) is 24.3 Å². The lowest BCUT2D eigenvalue weighted by Gasteiger charge is -2.37. The molecule has 0 saturated carbocycles. The summed E-state index contributed by atoms with van der Waals surface area (Å²) in [4.78, 5) is 54.4. The molecule has 2 heterocycles. The fourth-order valence-electron chi connectivity index (χ4n) is 3.45. The standard InChI is InChI=1S/C19H23N3O4/c1-12(2)16(23)20-8-10-21(11-9-20)17(24)13(3)22-18(25)14-6-4-5-7-15(14)19(22)26/h4-7,12-13H,8-11H2,1-3H3. The van der Waals surface area contributed by atoms with Crippen molar-refractivity contribution in [3.05, 3.63) is 35.4 Å². The Morgan fingerprint density at radius 1 is 0.808 bits per heavy atom. The number of rotatable bonds is 3. The van der Waals surface area contributed by atoms with Gasteiger partial charge in [0.25, 0.3) is 11.8 Å². The molecule has 138 valence electrons. The zero-order chi connectivity index (χ0) is 19.0. The number of amides is 4. The molecule has 2 aliphatic heterocycles. The van der Waals surface area contributed by atoms with Crippen LogP contribution in [0.4, 0.5) is 0 Å². The number of carbonyl (C=O) groups is 4. The molecule has 0 aromatic heterocycles. The molecule has 0 aliphatic carbocycles. The van der Waals surface area contributed by atoms with E-state index in [1.54, 1.807) is 41.0 Å². The Balaban J connectivity index is 1.67. The molecule has 1 atom stereocenters. The SMILES string of the molecule is CC(C)C(=O)N1CCN(C(=O)C(C)N2C(=O)c3ccccc3C2=O)CC1. The van der Waals surface area contributed by atoms with E-state index in [9.17, 15) is 19.2 Å². The topological polar surface area (TPSA) is 78.0 Å². The highest BCUT2D eigenvalue weighted by atomic mass is 16.2. The van der Waals surface area contributed by atoms with Crippen molar-refractivity contribution in [2.45, 2.75) is 26.8 Å². The summed E-state index contributed by atoms with van der Waals surface area (Å²) in [6.07, 6.45) is 0. The van der Waals surface area contributed by atoms with Gasteiger partial charge in [0.15, 0.2) is 0 Å². The minimum atomic E-state index is -0.866. The van der Waals surface area contributed by atoms with Crippen molar-refractivity contribution in [3.8, 4) is 0 Å². The molecule has 1 fully saturated rings. The van der Waals surface area contributed by atoms with Crippen molar-refractivity contribution in [2.75, 3.05) is 26.2 Å². The Labute approximate surface area is 152 Å². The zero-order valence-electron chi connectivity index (χ0n) is 15.3. The first-order valence-corrected chi connectivity index (χ1v) is 8.87. The number of nitrogens with zero attached hydrogens (tertiary/aromatic N) is 3. The molecule has 0 spiro atoms. The van der Waals surface area contributed by atoms with Gasteiger partial charge in [-0.1, -0.05) is 26.0 Å². The molecule has 1 aromatic rings. The molecule has 7 nitrogen and oxygen atoms in total. The fraction of sp³-hybridized carbons (Fsp3) is 0.474. The van der Waals surface area contributed by atoms with E-state index in [4.69, 9.17) is 0 Å². The van der Waals surface area contributed by atoms with Crippen LogP contribution in [-0.2, 0) is 9.59 Å². The molecule has 26 heavy (non-hydrogen) atoms. The van der Waals surface area contributed by atoms with E-state index in [1.165, 1.54) is 0 Å². The van der Waals surface area contributed by atoms with Crippen molar-refractivity contribution in [1.29, 1.82) is 0 Å². The molecule has 0 N–H and O–H groups in total. The van der Waals surface area contributed by atoms with Gasteiger partial charge in [-0.05, 0) is 19.1 Å². The largest absolute Gasteiger partial charge is 0.339 e. The van der Waals surface area contributed by atoms with E-state index in [1.807, 2.05) is 13.8 Å². The minimum absolute atomic E-state index is 0.0745. The van der Waals surface area contributed by atoms with Crippen molar-refractivity contribution in [1.82, 2.24) is 14.7 Å². The van der Waals surface area contributed by atoms with E-state index in [0.717, 1.165) is 4.90 Å². The van der Waals surface area contributed by atoms with Crippen molar-refractivity contribution < 1.29 is 19.2 Å². The summed E-state index contributed by atoms with van der Waals surface area (Å²) in [5, 5.41) is 0. The maximum absolute atomic E-state index is 12.8. The van der Waals surface area contributed by atoms with Gasteiger partial charge in [-0.15, -0.1) is 0 Å². The Bertz CT molecular complexity index is 731. The van der Waals surface area contributed by atoms with Crippen LogP contribution in [0.5, 0.6) is 0 Å². The first kappa shape index (κ1) is 18.1. The van der Waals surface area contributed by atoms with Crippen LogP contribution in [-0.4, -0.2) is 70.5 Å². The predicted molar refractivity (Wildman–Crippen MR) is 94.4 cm³/mol. The highest BCUT2D eigenvalue weighted by molar-refractivity contribution is 6.22. The summed E-state index contributed by atoms with van der Waals surface area (Å²) in [6.45, 7) is 7.04. The van der Waals surface area contributed by atoms with Gasteiger partial charge in [-0.25, -0.2) is 0 Å². The van der Waals surface area contributed by atoms with Crippen LogP contribution in [0, 0.1) is 5.92 Å². The minimum Gasteiger partial charge on any atom is -0.339 e. The summed E-state index contributed by atoms with van der Waals surface area (Å²) in [7, 11) is 0. The quantitative estimate of drug-likeness (QED) is 0.756. The smallest absolute Gasteiger partial charge is 0.262 e. The van der Waals surface area contributed by atoms with E-state index in [0.29, 0.717) is 37.3 Å². The Morgan fingerprint density at radius 3 is 1.65 bits per heavy atom. The van der Waals surface area contributed by atoms with Gasteiger partial charge in [-0.2, -0.15) is 0 Å². The van der Waals surface area contributed by atoms with Crippen molar-refractivity contribution in [2.24, 2.45) is 5.92 Å². The lowest BCUT2D eigenvalue weighted by Crippen LogP contribution is -2.56. The van der Waals surface area contributed by atoms with Crippen LogP contribution >= 0.6 is 0 Å². The van der Waals surface area contributed by atoms with Crippen LogP contribution in [0.3, 0.4) is 0 Å². The lowest BCUT2D eigenvalue weighted by atomic mass is 10.1. The molecule has 3 rings (SSSR count). The average molecular weight is 357 g/mol. The van der Waals surface area contributed by atoms with E-state index in [2.05, 4.69) is 0 Å². The first-order chi connectivity index (χ1) is 12.3. The predicted octanol–water partition coefficient (Wildman–Crippen LogP) is 0.998. The van der Waals surface area contributed by atoms with Gasteiger partial charge in [0.05, 0.1) is 11.1 Å². The summed E-state index contributed by atoms with van der Waals surface area (Å²) < 4.78 is 0. The van der Waals surface area contributed by atoms with Gasteiger partial charge in [-0.3, -0.25) is 24.1 Å². The van der Waals surface area contributed by atoms with E-state index >= 15 is 0 Å². The molecule has 1 aromatic carbocycles. The zero-order valence-corrected chi connectivity index (χ0v) is 15.3. The summed E-state index contributed by atoms with van der Waals surface area (Å²) in [6, 6.07) is 5.73. The Morgan fingerprint density at radius 2 is 1.23 bits per heavy atom. The molecule has 2 aliphatic rings. The monoisotopic (exact) mass is 357 g/mol. The number of hydrogen-bond acceptors (Lipinski definition) is 4. The highest BCUT2D eigenvalue weighted by Gasteiger charge is 2.42. The number of imide groups is 1. The molecule has 1 saturated heterocycles. The first-order valence-electron chi connectivity index (χ1n) is 8.87. The van der Waals surface area contributed by atoms with Gasteiger partial charge in [0.1, 0.15) is 6.04 Å². The maximum atomic E-state index is 12.8. The lowest BCUT2D eigenvalue weighted by molar-refractivity contribution is -0.143. The number of piperazine rings is 1. The Hall–Kier alpha value is -2.70. The number of carbonyl (C=O) groups excluding carboxylic acids is 4. The van der Waals surface area contributed by atoms with Gasteiger partial charge in [0.2, 0.25) is 11.8 Å². The van der Waals surface area contributed by atoms with Gasteiger partial charge >= 0.3 is 0 Å². The number of benzene rings is 1. The second-order valence-corrected chi connectivity index (χ2v) is 7.01. The molecule has 0 radical (unpaired) electrons. The van der Waals surface area contributed by atoms with Crippen LogP contribution in [0.1, 0.15) is 41.5 Å². The second kappa shape index (κ2) is 6.90. The molecular formula is C19H23N3O4. The molecule has 1 unspecified atom stereocenters. The third kappa shape index (κ3) is 2.98. The summed E-state index contributed by atoms with van der Waals surface area (Å²) in [5.74, 6) is -1.13. The van der Waals surface area contributed by atoms with Crippen molar-refractivity contribution in [3.63, 3.8) is 0 Å². The summed E-state index contributed by atoms with van der Waals surface area (Å²) in [5.41, 5.74) is 0.675. The third-order valence-corrected chi connectivity index (χ3v) is 4.97. The second-order valence-electron chi connectivity index (χ2n) is 7.01.